The van der Waals surface area contributed by atoms with E-state index in [1.165, 1.54) is 38.9 Å². The summed E-state index contributed by atoms with van der Waals surface area (Å²) in [6, 6.07) is 6.66. The number of halogens is 2. The average molecular weight is 511 g/mol. The van der Waals surface area contributed by atoms with Crippen LogP contribution in [0.3, 0.4) is 0 Å². The van der Waals surface area contributed by atoms with Gasteiger partial charge in [0.25, 0.3) is 5.91 Å². The number of ether oxygens (including phenoxy) is 4. The van der Waals surface area contributed by atoms with Crippen LogP contribution in [0.4, 0.5) is 8.78 Å². The van der Waals surface area contributed by atoms with Crippen LogP contribution in [-0.2, 0) is 0 Å². The van der Waals surface area contributed by atoms with Crippen molar-refractivity contribution in [1.29, 1.82) is 0 Å². The van der Waals surface area contributed by atoms with Gasteiger partial charge in [0, 0.05) is 35.6 Å². The van der Waals surface area contributed by atoms with Gasteiger partial charge in [0.2, 0.25) is 0 Å². The molecule has 2 aromatic carbocycles. The molecule has 0 aliphatic rings. The Morgan fingerprint density at radius 1 is 1.03 bits per heavy atom. The van der Waals surface area contributed by atoms with E-state index in [9.17, 15) is 9.90 Å². The highest BCUT2D eigenvalue weighted by Crippen LogP contribution is 2.40. The SMILES string of the molecule is COc1cc2nccc(Oc3c(F)cc(-c4cncc(C(N)=O)c4OC)cc3F)c2cc1OC(C)CO. The number of carbonyl (C=O) groups is 1. The van der Waals surface area contributed by atoms with Gasteiger partial charge in [-0.15, -0.1) is 0 Å². The molecule has 0 aliphatic heterocycles. The van der Waals surface area contributed by atoms with Gasteiger partial charge in [-0.25, -0.2) is 8.78 Å². The van der Waals surface area contributed by atoms with Crippen molar-refractivity contribution in [2.24, 2.45) is 5.73 Å². The Hall–Kier alpha value is -4.51. The second-order valence-corrected chi connectivity index (χ2v) is 7.94. The van der Waals surface area contributed by atoms with Gasteiger partial charge in [0.05, 0.1) is 26.3 Å². The van der Waals surface area contributed by atoms with E-state index in [0.717, 1.165) is 12.1 Å². The number of carbonyl (C=O) groups excluding carboxylic acids is 1. The number of nitrogens with zero attached hydrogens (tertiary/aromatic N) is 2. The molecule has 1 atom stereocenters. The van der Waals surface area contributed by atoms with Gasteiger partial charge in [0.1, 0.15) is 23.2 Å². The van der Waals surface area contributed by atoms with Crippen molar-refractivity contribution in [3.05, 3.63) is 66.1 Å². The zero-order valence-electron chi connectivity index (χ0n) is 20.1. The number of amides is 1. The molecule has 192 valence electrons. The van der Waals surface area contributed by atoms with Crippen molar-refractivity contribution in [1.82, 2.24) is 9.97 Å². The van der Waals surface area contributed by atoms with Gasteiger partial charge in [-0.05, 0) is 36.8 Å². The summed E-state index contributed by atoms with van der Waals surface area (Å²) in [6.07, 6.45) is 3.40. The number of pyridine rings is 2. The van der Waals surface area contributed by atoms with Crippen molar-refractivity contribution in [3.63, 3.8) is 0 Å². The van der Waals surface area contributed by atoms with Crippen molar-refractivity contribution < 1.29 is 37.6 Å². The molecule has 0 aliphatic carbocycles. The average Bonchev–Trinajstić information content (AvgIpc) is 2.89. The topological polar surface area (TPSA) is 126 Å². The molecule has 4 aromatic rings. The van der Waals surface area contributed by atoms with Crippen LogP contribution in [0.25, 0.3) is 22.0 Å². The number of primary amides is 1. The third kappa shape index (κ3) is 5.07. The predicted molar refractivity (Wildman–Crippen MR) is 130 cm³/mol. The fourth-order valence-corrected chi connectivity index (χ4v) is 3.70. The minimum atomic E-state index is -1.01. The highest BCUT2D eigenvalue weighted by Gasteiger charge is 2.21. The molecule has 1 unspecified atom stereocenters. The fourth-order valence-electron chi connectivity index (χ4n) is 3.70. The number of hydrogen-bond acceptors (Lipinski definition) is 8. The molecule has 2 aromatic heterocycles. The van der Waals surface area contributed by atoms with E-state index in [-0.39, 0.29) is 34.8 Å². The van der Waals surface area contributed by atoms with E-state index < -0.39 is 29.4 Å². The zero-order valence-corrected chi connectivity index (χ0v) is 20.1. The number of aliphatic hydroxyl groups is 1. The predicted octanol–water partition coefficient (Wildman–Crippen LogP) is 4.24. The number of fused-ring (bicyclic) bond motifs is 1. The number of aliphatic hydroxyl groups excluding tert-OH is 1. The number of rotatable bonds is 9. The Balaban J connectivity index is 1.77. The molecule has 11 heteroatoms. The zero-order chi connectivity index (χ0) is 26.7. The van der Waals surface area contributed by atoms with Gasteiger partial charge in [-0.3, -0.25) is 14.8 Å². The highest BCUT2D eigenvalue weighted by molar-refractivity contribution is 5.97. The standard InChI is InChI=1S/C26H23F2N3O6/c1-13(12-32)36-23-8-15-20(9-22(23)34-2)31-5-4-21(15)37-25-18(27)6-14(7-19(25)28)16-10-30-11-17(26(29)33)24(16)35-3/h4-11,13,32H,12H2,1-3H3,(H2,29,33). The minimum Gasteiger partial charge on any atom is -0.495 e. The van der Waals surface area contributed by atoms with Crippen LogP contribution >= 0.6 is 0 Å². The molecule has 0 bridgehead atoms. The summed E-state index contributed by atoms with van der Waals surface area (Å²) in [6.45, 7) is 1.43. The molecule has 0 spiro atoms. The Morgan fingerprint density at radius 2 is 1.76 bits per heavy atom. The van der Waals surface area contributed by atoms with Gasteiger partial charge in [0.15, 0.2) is 28.9 Å². The van der Waals surface area contributed by atoms with Crippen LogP contribution in [0, 0.1) is 11.6 Å². The second kappa shape index (κ2) is 10.6. The quantitative estimate of drug-likeness (QED) is 0.342. The molecule has 4 rings (SSSR count). The van der Waals surface area contributed by atoms with E-state index in [0.29, 0.717) is 22.4 Å². The lowest BCUT2D eigenvalue weighted by Crippen LogP contribution is -2.16. The smallest absolute Gasteiger partial charge is 0.254 e. The number of nitrogens with two attached hydrogens (primary N) is 1. The maximum atomic E-state index is 15.2. The summed E-state index contributed by atoms with van der Waals surface area (Å²) in [5.74, 6) is -2.68. The molecule has 9 nitrogen and oxygen atoms in total. The normalized spacial score (nSPS) is 11.7. The summed E-state index contributed by atoms with van der Waals surface area (Å²) in [5.41, 5.74) is 5.98. The van der Waals surface area contributed by atoms with E-state index >= 15 is 8.78 Å². The van der Waals surface area contributed by atoms with Crippen LogP contribution in [0.1, 0.15) is 17.3 Å². The highest BCUT2D eigenvalue weighted by atomic mass is 19.1. The lowest BCUT2D eigenvalue weighted by atomic mass is 10.0. The molecular formula is C26H23F2N3O6. The van der Waals surface area contributed by atoms with Crippen molar-refractivity contribution >= 4 is 16.8 Å². The number of methoxy groups -OCH3 is 2. The molecule has 0 saturated carbocycles. The monoisotopic (exact) mass is 511 g/mol. The number of hydrogen-bond donors (Lipinski definition) is 2. The summed E-state index contributed by atoms with van der Waals surface area (Å²) in [4.78, 5) is 19.9. The van der Waals surface area contributed by atoms with Crippen LogP contribution < -0.4 is 24.7 Å². The third-order valence-electron chi connectivity index (χ3n) is 5.46. The molecule has 1 amide bonds. The Labute approximate surface area is 210 Å². The van der Waals surface area contributed by atoms with Crippen LogP contribution in [0.5, 0.6) is 28.7 Å². The maximum Gasteiger partial charge on any atom is 0.254 e. The van der Waals surface area contributed by atoms with Gasteiger partial charge < -0.3 is 29.8 Å². The summed E-state index contributed by atoms with van der Waals surface area (Å²) >= 11 is 0. The van der Waals surface area contributed by atoms with Gasteiger partial charge in [-0.2, -0.15) is 0 Å². The molecule has 0 fully saturated rings. The first-order chi connectivity index (χ1) is 17.8. The minimum absolute atomic E-state index is 0.0339. The largest absolute Gasteiger partial charge is 0.495 e. The first-order valence-corrected chi connectivity index (χ1v) is 11.0. The fraction of sp³-hybridized carbons (Fsp3) is 0.192. The van der Waals surface area contributed by atoms with E-state index in [4.69, 9.17) is 24.7 Å². The molecular weight excluding hydrogens is 488 g/mol. The van der Waals surface area contributed by atoms with Gasteiger partial charge in [-0.1, -0.05) is 0 Å². The third-order valence-corrected chi connectivity index (χ3v) is 5.46. The first kappa shape index (κ1) is 25.6. The van der Waals surface area contributed by atoms with E-state index in [1.807, 2.05) is 0 Å². The summed E-state index contributed by atoms with van der Waals surface area (Å²) in [5, 5.41) is 9.74. The lowest BCUT2D eigenvalue weighted by molar-refractivity contribution is 0.0997. The van der Waals surface area contributed by atoms with Crippen molar-refractivity contribution in [2.45, 2.75) is 13.0 Å². The Kier molecular flexibility index (Phi) is 7.35. The van der Waals surface area contributed by atoms with E-state index in [1.54, 1.807) is 19.1 Å². The summed E-state index contributed by atoms with van der Waals surface area (Å²) < 4.78 is 52.3. The number of benzene rings is 2. The first-order valence-electron chi connectivity index (χ1n) is 11.0. The van der Waals surface area contributed by atoms with Crippen LogP contribution in [0.2, 0.25) is 0 Å². The lowest BCUT2D eigenvalue weighted by Gasteiger charge is -2.17. The molecule has 0 radical (unpaired) electrons. The van der Waals surface area contributed by atoms with Crippen LogP contribution in [0.15, 0.2) is 48.9 Å². The molecule has 37 heavy (non-hydrogen) atoms. The number of aromatic nitrogens is 2. The van der Waals surface area contributed by atoms with Gasteiger partial charge >= 0.3 is 0 Å². The Morgan fingerprint density at radius 3 is 2.38 bits per heavy atom. The summed E-state index contributed by atoms with van der Waals surface area (Å²) in [7, 11) is 2.76. The van der Waals surface area contributed by atoms with Crippen LogP contribution in [-0.4, -0.2) is 47.9 Å². The molecule has 0 saturated heterocycles. The van der Waals surface area contributed by atoms with Crippen molar-refractivity contribution in [2.75, 3.05) is 20.8 Å². The van der Waals surface area contributed by atoms with E-state index in [2.05, 4.69) is 9.97 Å². The maximum absolute atomic E-state index is 15.2. The van der Waals surface area contributed by atoms with Crippen molar-refractivity contribution in [3.8, 4) is 39.9 Å². The molecule has 3 N–H and O–H groups in total. The molecule has 2 heterocycles. The second-order valence-electron chi connectivity index (χ2n) is 7.94. The Bertz CT molecular complexity index is 1460.